The third-order valence-electron chi connectivity index (χ3n) is 3.04. The quantitative estimate of drug-likeness (QED) is 0.607. The van der Waals surface area contributed by atoms with E-state index in [0.29, 0.717) is 29.8 Å². The topological polar surface area (TPSA) is 108 Å². The molecule has 1 aliphatic heterocycles. The van der Waals surface area contributed by atoms with Crippen molar-refractivity contribution in [3.63, 3.8) is 0 Å². The maximum absolute atomic E-state index is 11.9. The second kappa shape index (κ2) is 6.01. The number of benzene rings is 1. The first kappa shape index (κ1) is 13.8. The highest BCUT2D eigenvalue weighted by Crippen LogP contribution is 2.13. The molecule has 6 nitrogen and oxygen atoms in total. The van der Waals surface area contributed by atoms with Gasteiger partial charge in [0.25, 0.3) is 0 Å². The van der Waals surface area contributed by atoms with Crippen molar-refractivity contribution in [2.75, 3.05) is 5.32 Å². The van der Waals surface area contributed by atoms with Gasteiger partial charge in [0.15, 0.2) is 0 Å². The Kier molecular flexibility index (Phi) is 4.14. The molecule has 0 aliphatic carbocycles. The molecule has 0 spiro atoms. The number of nitrogens with two attached hydrogens (primary N) is 1. The lowest BCUT2D eigenvalue weighted by atomic mass is 10.1. The smallest absolute Gasteiger partial charge is 0.246 e. The van der Waals surface area contributed by atoms with Crippen molar-refractivity contribution in [1.29, 1.82) is 5.41 Å². The lowest BCUT2D eigenvalue weighted by molar-refractivity contribution is -0.122. The molecule has 6 heteroatoms. The molecule has 1 saturated heterocycles. The van der Waals surface area contributed by atoms with Crippen molar-refractivity contribution in [2.45, 2.75) is 18.9 Å². The Morgan fingerprint density at radius 1 is 1.40 bits per heavy atom. The summed E-state index contributed by atoms with van der Waals surface area (Å²) in [7, 11) is 0. The summed E-state index contributed by atoms with van der Waals surface area (Å²) in [5.41, 5.74) is 6.87. The van der Waals surface area contributed by atoms with Crippen LogP contribution in [0.4, 0.5) is 5.69 Å². The van der Waals surface area contributed by atoms with Crippen LogP contribution >= 0.6 is 0 Å². The molecule has 1 heterocycles. The van der Waals surface area contributed by atoms with E-state index in [2.05, 4.69) is 10.6 Å². The van der Waals surface area contributed by atoms with Crippen LogP contribution in [-0.2, 0) is 9.59 Å². The van der Waals surface area contributed by atoms with Crippen LogP contribution in [0.25, 0.3) is 0 Å². The minimum absolute atomic E-state index is 0.0949. The Labute approximate surface area is 116 Å². The Bertz CT molecular complexity index is 563. The summed E-state index contributed by atoms with van der Waals surface area (Å²) < 4.78 is 0. The molecule has 0 saturated carbocycles. The van der Waals surface area contributed by atoms with Crippen LogP contribution in [0.3, 0.4) is 0 Å². The average molecular weight is 272 g/mol. The van der Waals surface area contributed by atoms with Crippen molar-refractivity contribution in [2.24, 2.45) is 5.73 Å². The molecule has 1 fully saturated rings. The lowest BCUT2D eigenvalue weighted by Gasteiger charge is -2.11. The van der Waals surface area contributed by atoms with Gasteiger partial charge in [-0.3, -0.25) is 9.59 Å². The fourth-order valence-corrected chi connectivity index (χ4v) is 1.97. The average Bonchev–Trinajstić information content (AvgIpc) is 2.86. The summed E-state index contributed by atoms with van der Waals surface area (Å²) in [5, 5.41) is 13.0. The zero-order valence-electron chi connectivity index (χ0n) is 10.8. The number of rotatable bonds is 4. The van der Waals surface area contributed by atoms with Gasteiger partial charge in [-0.25, -0.2) is 0 Å². The molecular formula is C14H16N4O2. The standard InChI is InChI=1S/C14H16N4O2/c15-8-7-11(16)9-1-3-10(4-2-9)17-14(20)12-5-6-13(19)18-12/h1-4,7-8,12,16H,5-6,15H2,(H,17,20)(H,18,19)/b8-7-,16-11?/t12-/m1/s1. The summed E-state index contributed by atoms with van der Waals surface area (Å²) in [6, 6.07) is 6.42. The van der Waals surface area contributed by atoms with Crippen LogP contribution < -0.4 is 16.4 Å². The van der Waals surface area contributed by atoms with Gasteiger partial charge in [0, 0.05) is 12.1 Å². The number of allylic oxidation sites excluding steroid dienone is 1. The third kappa shape index (κ3) is 3.23. The van der Waals surface area contributed by atoms with Gasteiger partial charge in [0.2, 0.25) is 11.8 Å². The minimum Gasteiger partial charge on any atom is -0.405 e. The number of hydrogen-bond donors (Lipinski definition) is 4. The molecule has 1 aromatic rings. The highest BCUT2D eigenvalue weighted by molar-refractivity contribution is 6.06. The Balaban J connectivity index is 1.98. The minimum atomic E-state index is -0.458. The Morgan fingerprint density at radius 3 is 2.65 bits per heavy atom. The predicted molar refractivity (Wildman–Crippen MR) is 76.4 cm³/mol. The zero-order valence-corrected chi connectivity index (χ0v) is 10.8. The number of hydrogen-bond acceptors (Lipinski definition) is 4. The van der Waals surface area contributed by atoms with Crippen LogP contribution in [0.15, 0.2) is 36.5 Å². The fourth-order valence-electron chi connectivity index (χ4n) is 1.97. The van der Waals surface area contributed by atoms with Crippen molar-refractivity contribution in [3.8, 4) is 0 Å². The van der Waals surface area contributed by atoms with Crippen LogP contribution in [-0.4, -0.2) is 23.6 Å². The van der Waals surface area contributed by atoms with Gasteiger partial charge in [-0.2, -0.15) is 0 Å². The van der Waals surface area contributed by atoms with Gasteiger partial charge in [-0.1, -0.05) is 12.1 Å². The van der Waals surface area contributed by atoms with Gasteiger partial charge >= 0.3 is 0 Å². The molecule has 0 aromatic heterocycles. The van der Waals surface area contributed by atoms with E-state index in [0.717, 1.165) is 0 Å². The van der Waals surface area contributed by atoms with Crippen LogP contribution in [0.5, 0.6) is 0 Å². The monoisotopic (exact) mass is 272 g/mol. The molecule has 104 valence electrons. The number of nitrogens with one attached hydrogen (secondary N) is 3. The van der Waals surface area contributed by atoms with Gasteiger partial charge < -0.3 is 21.8 Å². The molecule has 0 bridgehead atoms. The van der Waals surface area contributed by atoms with E-state index in [1.165, 1.54) is 12.3 Å². The molecule has 2 amide bonds. The molecule has 0 radical (unpaired) electrons. The van der Waals surface area contributed by atoms with E-state index < -0.39 is 6.04 Å². The van der Waals surface area contributed by atoms with E-state index in [4.69, 9.17) is 11.1 Å². The van der Waals surface area contributed by atoms with Gasteiger partial charge in [-0.05, 0) is 36.4 Å². The summed E-state index contributed by atoms with van der Waals surface area (Å²) >= 11 is 0. The second-order valence-electron chi connectivity index (χ2n) is 4.50. The summed E-state index contributed by atoms with van der Waals surface area (Å²) in [6.45, 7) is 0. The Morgan fingerprint density at radius 2 is 2.10 bits per heavy atom. The van der Waals surface area contributed by atoms with Crippen molar-refractivity contribution < 1.29 is 9.59 Å². The van der Waals surface area contributed by atoms with Gasteiger partial charge in [0.1, 0.15) is 6.04 Å². The molecule has 1 aromatic carbocycles. The number of carbonyl (C=O) groups is 2. The largest absolute Gasteiger partial charge is 0.405 e. The van der Waals surface area contributed by atoms with E-state index in [1.807, 2.05) is 0 Å². The van der Waals surface area contributed by atoms with Gasteiger partial charge in [-0.15, -0.1) is 0 Å². The third-order valence-corrected chi connectivity index (χ3v) is 3.04. The molecular weight excluding hydrogens is 256 g/mol. The predicted octanol–water partition coefficient (Wildman–Crippen LogP) is 0.744. The molecule has 2 rings (SSSR count). The molecule has 20 heavy (non-hydrogen) atoms. The van der Waals surface area contributed by atoms with Gasteiger partial charge in [0.05, 0.1) is 5.71 Å². The highest BCUT2D eigenvalue weighted by Gasteiger charge is 2.26. The SMILES string of the molecule is N=C(/C=C\N)c1ccc(NC(=O)[C@H]2CCC(=O)N2)cc1. The van der Waals surface area contributed by atoms with Crippen molar-refractivity contribution in [3.05, 3.63) is 42.1 Å². The fraction of sp³-hybridized carbons (Fsp3) is 0.214. The number of amides is 2. The summed E-state index contributed by atoms with van der Waals surface area (Å²) in [5.74, 6) is -0.317. The molecule has 0 unspecified atom stereocenters. The molecule has 1 atom stereocenters. The first-order valence-electron chi connectivity index (χ1n) is 6.27. The second-order valence-corrected chi connectivity index (χ2v) is 4.50. The van der Waals surface area contributed by atoms with Crippen LogP contribution in [0.1, 0.15) is 18.4 Å². The lowest BCUT2D eigenvalue weighted by Crippen LogP contribution is -2.37. The molecule has 1 aliphatic rings. The number of anilines is 1. The number of carbonyl (C=O) groups excluding carboxylic acids is 2. The zero-order chi connectivity index (χ0) is 14.5. The van der Waals surface area contributed by atoms with E-state index >= 15 is 0 Å². The highest BCUT2D eigenvalue weighted by atomic mass is 16.2. The first-order chi connectivity index (χ1) is 9.60. The maximum atomic E-state index is 11.9. The van der Waals surface area contributed by atoms with E-state index in [-0.39, 0.29) is 11.8 Å². The van der Waals surface area contributed by atoms with Crippen LogP contribution in [0, 0.1) is 5.41 Å². The van der Waals surface area contributed by atoms with Crippen molar-refractivity contribution >= 4 is 23.2 Å². The van der Waals surface area contributed by atoms with Crippen LogP contribution in [0.2, 0.25) is 0 Å². The van der Waals surface area contributed by atoms with E-state index in [9.17, 15) is 9.59 Å². The Hall–Kier alpha value is -2.63. The van der Waals surface area contributed by atoms with Crippen molar-refractivity contribution in [1.82, 2.24) is 5.32 Å². The summed E-state index contributed by atoms with van der Waals surface area (Å²) in [6.07, 6.45) is 3.71. The summed E-state index contributed by atoms with van der Waals surface area (Å²) in [4.78, 5) is 22.9. The molecule has 5 N–H and O–H groups in total. The normalized spacial score (nSPS) is 18.0. The maximum Gasteiger partial charge on any atom is 0.246 e. The first-order valence-corrected chi connectivity index (χ1v) is 6.27. The van der Waals surface area contributed by atoms with E-state index in [1.54, 1.807) is 24.3 Å².